The lowest BCUT2D eigenvalue weighted by molar-refractivity contribution is 0.0703. The fourth-order valence-electron chi connectivity index (χ4n) is 2.79. The van der Waals surface area contributed by atoms with Crippen LogP contribution in [0.3, 0.4) is 0 Å². The van der Waals surface area contributed by atoms with Gasteiger partial charge in [-0.15, -0.1) is 0 Å². The number of hydrogen-bond donors (Lipinski definition) is 0. The van der Waals surface area contributed by atoms with Gasteiger partial charge in [0.15, 0.2) is 0 Å². The summed E-state index contributed by atoms with van der Waals surface area (Å²) < 4.78 is 37.2. The van der Waals surface area contributed by atoms with E-state index in [2.05, 4.69) is 64.5 Å². The maximum atomic E-state index is 6.20. The lowest BCUT2D eigenvalue weighted by Gasteiger charge is -2.25. The first-order valence-corrected chi connectivity index (χ1v) is 17.9. The molecule has 0 aromatic heterocycles. The minimum Gasteiger partial charge on any atom is -0.364 e. The summed E-state index contributed by atoms with van der Waals surface area (Å²) in [5.41, 5.74) is 6.38. The molecular formula is C28H54O6Si2. The van der Waals surface area contributed by atoms with Crippen LogP contribution in [0.4, 0.5) is 0 Å². The maximum Gasteiger partial charge on any atom is 0.592 e. The summed E-state index contributed by atoms with van der Waals surface area (Å²) in [6.45, 7) is 16.3. The summed E-state index contributed by atoms with van der Waals surface area (Å²) in [4.78, 5) is 0. The van der Waals surface area contributed by atoms with E-state index in [-0.39, 0.29) is 0 Å². The lowest BCUT2D eigenvalue weighted by atomic mass is 10.4. The topological polar surface area (TPSA) is 55.4 Å². The van der Waals surface area contributed by atoms with Crippen molar-refractivity contribution in [3.63, 3.8) is 0 Å². The Morgan fingerprint density at radius 2 is 0.556 bits per heavy atom. The largest absolute Gasteiger partial charge is 0.592 e. The molecule has 0 aromatic carbocycles. The van der Waals surface area contributed by atoms with Gasteiger partial charge in [0.05, 0.1) is 0 Å². The van der Waals surface area contributed by atoms with E-state index in [1.807, 2.05) is 0 Å². The van der Waals surface area contributed by atoms with Gasteiger partial charge in [0.2, 0.25) is 0 Å². The summed E-state index contributed by atoms with van der Waals surface area (Å²) in [5, 5.41) is 0. The zero-order valence-electron chi connectivity index (χ0n) is 24.2. The molecule has 0 heterocycles. The number of unbranched alkanes of at least 4 members (excludes halogenated alkanes) is 6. The Bertz CT molecular complexity index is 516. The van der Waals surface area contributed by atoms with Gasteiger partial charge in [0.25, 0.3) is 0 Å². The van der Waals surface area contributed by atoms with Crippen LogP contribution < -0.4 is 0 Å². The van der Waals surface area contributed by atoms with Crippen molar-refractivity contribution in [2.45, 2.75) is 119 Å². The van der Waals surface area contributed by atoms with Crippen molar-refractivity contribution in [3.05, 3.63) is 0 Å². The standard InChI is InChI=1S/C28H54O6Si2/c1-7-13-21-29-35(30-22-14-8-2,31-23-15-9-3)27-19-20-28-36(32-24-16-10-4,33-25-17-11-5)34-26-18-12-6/h7-18,21-26H2,1-6H3. The Morgan fingerprint density at radius 1 is 0.361 bits per heavy atom. The highest BCUT2D eigenvalue weighted by Crippen LogP contribution is 2.14. The minimum absolute atomic E-state index is 0.572. The van der Waals surface area contributed by atoms with Gasteiger partial charge in [-0.3, -0.25) is 0 Å². The molecule has 0 radical (unpaired) electrons. The van der Waals surface area contributed by atoms with Gasteiger partial charge >= 0.3 is 17.6 Å². The van der Waals surface area contributed by atoms with Gasteiger partial charge in [-0.1, -0.05) is 80.1 Å². The number of rotatable bonds is 24. The van der Waals surface area contributed by atoms with Crippen molar-refractivity contribution in [2.24, 2.45) is 0 Å². The highest BCUT2D eigenvalue weighted by molar-refractivity contribution is 6.70. The van der Waals surface area contributed by atoms with Crippen molar-refractivity contribution in [1.29, 1.82) is 0 Å². The van der Waals surface area contributed by atoms with Crippen LogP contribution in [0.1, 0.15) is 119 Å². The van der Waals surface area contributed by atoms with Gasteiger partial charge in [-0.05, 0) is 61.5 Å². The molecule has 0 aliphatic carbocycles. The Morgan fingerprint density at radius 3 is 0.722 bits per heavy atom. The monoisotopic (exact) mass is 542 g/mol. The molecule has 0 amide bonds. The molecule has 0 saturated heterocycles. The van der Waals surface area contributed by atoms with Crippen LogP contribution in [0.25, 0.3) is 0 Å². The van der Waals surface area contributed by atoms with Crippen molar-refractivity contribution in [1.82, 2.24) is 0 Å². The quantitative estimate of drug-likeness (QED) is 0.0755. The molecule has 8 heteroatoms. The molecule has 0 atom stereocenters. The Labute approximate surface area is 225 Å². The van der Waals surface area contributed by atoms with E-state index in [4.69, 9.17) is 26.6 Å². The van der Waals surface area contributed by atoms with E-state index in [0.717, 1.165) is 77.0 Å². The Hall–Kier alpha value is -0.686. The van der Waals surface area contributed by atoms with Crippen molar-refractivity contribution in [2.75, 3.05) is 39.6 Å². The predicted molar refractivity (Wildman–Crippen MR) is 152 cm³/mol. The summed E-state index contributed by atoms with van der Waals surface area (Å²) in [6, 6.07) is 0. The summed E-state index contributed by atoms with van der Waals surface area (Å²) >= 11 is 0. The van der Waals surface area contributed by atoms with Crippen LogP contribution in [0.2, 0.25) is 0 Å². The van der Waals surface area contributed by atoms with E-state index < -0.39 is 17.6 Å². The molecule has 0 bridgehead atoms. The first-order chi connectivity index (χ1) is 17.6. The molecule has 0 fully saturated rings. The van der Waals surface area contributed by atoms with Crippen LogP contribution in [0.15, 0.2) is 0 Å². The van der Waals surface area contributed by atoms with Crippen LogP contribution >= 0.6 is 0 Å². The van der Waals surface area contributed by atoms with Crippen LogP contribution in [-0.4, -0.2) is 57.3 Å². The molecule has 0 aliphatic rings. The molecule has 36 heavy (non-hydrogen) atoms. The van der Waals surface area contributed by atoms with Crippen LogP contribution in [0.5, 0.6) is 0 Å². The van der Waals surface area contributed by atoms with E-state index in [0.29, 0.717) is 39.6 Å². The Kier molecular flexibility index (Phi) is 24.2. The molecule has 210 valence electrons. The van der Waals surface area contributed by atoms with Gasteiger partial charge in [-0.25, -0.2) is 0 Å². The fourth-order valence-corrected chi connectivity index (χ4v) is 6.63. The third-order valence-electron chi connectivity index (χ3n) is 5.23. The molecule has 0 aromatic rings. The molecule has 0 rings (SSSR count). The van der Waals surface area contributed by atoms with E-state index in [1.165, 1.54) is 0 Å². The molecule has 0 spiro atoms. The molecule has 6 nitrogen and oxygen atoms in total. The van der Waals surface area contributed by atoms with E-state index in [1.54, 1.807) is 0 Å². The fraction of sp³-hybridized carbons (Fsp3) is 0.857. The summed E-state index contributed by atoms with van der Waals surface area (Å²) in [5.74, 6) is 6.01. The molecule has 0 aliphatic heterocycles. The first kappa shape index (κ1) is 35.3. The van der Waals surface area contributed by atoms with Crippen molar-refractivity contribution >= 4 is 17.6 Å². The van der Waals surface area contributed by atoms with Crippen LogP contribution in [-0.2, 0) is 26.6 Å². The zero-order chi connectivity index (χ0) is 26.8. The second-order valence-electron chi connectivity index (χ2n) is 8.82. The first-order valence-electron chi connectivity index (χ1n) is 14.4. The molecular weight excluding hydrogens is 488 g/mol. The van der Waals surface area contributed by atoms with Crippen LogP contribution in [0, 0.1) is 22.9 Å². The number of hydrogen-bond acceptors (Lipinski definition) is 6. The summed E-state index contributed by atoms with van der Waals surface area (Å²) in [6.07, 6.45) is 11.9. The average molecular weight is 543 g/mol. The normalized spacial score (nSPS) is 11.6. The predicted octanol–water partition coefficient (Wildman–Crippen LogP) is 6.85. The van der Waals surface area contributed by atoms with Gasteiger partial charge in [-0.2, -0.15) is 0 Å². The van der Waals surface area contributed by atoms with Gasteiger partial charge < -0.3 is 26.6 Å². The third-order valence-corrected chi connectivity index (χ3v) is 9.60. The second kappa shape index (κ2) is 24.6. The van der Waals surface area contributed by atoms with Gasteiger partial charge in [0.1, 0.15) is 0 Å². The average Bonchev–Trinajstić information content (AvgIpc) is 2.87. The highest BCUT2D eigenvalue weighted by Gasteiger charge is 2.41. The van der Waals surface area contributed by atoms with E-state index in [9.17, 15) is 0 Å². The lowest BCUT2D eigenvalue weighted by Crippen LogP contribution is -2.46. The summed E-state index contributed by atoms with van der Waals surface area (Å²) in [7, 11) is -6.34. The van der Waals surface area contributed by atoms with Crippen molar-refractivity contribution in [3.8, 4) is 22.9 Å². The zero-order valence-corrected chi connectivity index (χ0v) is 26.2. The third kappa shape index (κ3) is 17.7. The smallest absolute Gasteiger partial charge is 0.364 e. The van der Waals surface area contributed by atoms with E-state index >= 15 is 0 Å². The van der Waals surface area contributed by atoms with Crippen molar-refractivity contribution < 1.29 is 26.6 Å². The minimum atomic E-state index is -3.17. The molecule has 0 unspecified atom stereocenters. The maximum absolute atomic E-state index is 6.20. The van der Waals surface area contributed by atoms with Gasteiger partial charge in [0, 0.05) is 39.6 Å². The molecule has 0 N–H and O–H groups in total. The molecule has 0 saturated carbocycles. The Balaban J connectivity index is 5.95. The highest BCUT2D eigenvalue weighted by atomic mass is 28.4. The SMILES string of the molecule is CCCCO[Si](C#CC#C[Si](OCCCC)(OCCCC)OCCCC)(OCCCC)OCCCC. The second-order valence-corrected chi connectivity index (χ2v) is 13.3.